The van der Waals surface area contributed by atoms with Gasteiger partial charge in [-0.1, -0.05) is 6.07 Å². The highest BCUT2D eigenvalue weighted by atomic mass is 127. The first kappa shape index (κ1) is 13.0. The first-order valence-electron chi connectivity index (χ1n) is 5.94. The Morgan fingerprint density at radius 2 is 1.75 bits per heavy atom. The summed E-state index contributed by atoms with van der Waals surface area (Å²) in [6.07, 6.45) is 0. The topological polar surface area (TPSA) is 59.6 Å². The van der Waals surface area contributed by atoms with Gasteiger partial charge in [-0.2, -0.15) is 0 Å². The van der Waals surface area contributed by atoms with Crippen LogP contribution >= 0.6 is 22.6 Å². The minimum Gasteiger partial charge on any atom is -0.454 e. The number of anilines is 2. The maximum atomic E-state index is 11.9. The first-order chi connectivity index (χ1) is 9.70. The van der Waals surface area contributed by atoms with E-state index in [9.17, 15) is 4.79 Å². The molecule has 1 aliphatic heterocycles. The van der Waals surface area contributed by atoms with Gasteiger partial charge < -0.3 is 20.1 Å². The van der Waals surface area contributed by atoms with E-state index in [4.69, 9.17) is 9.47 Å². The van der Waals surface area contributed by atoms with Crippen LogP contribution in [-0.2, 0) is 0 Å². The molecule has 0 bridgehead atoms. The summed E-state index contributed by atoms with van der Waals surface area (Å²) in [4.78, 5) is 11.9. The largest absolute Gasteiger partial charge is 0.454 e. The zero-order chi connectivity index (χ0) is 13.9. The highest BCUT2D eigenvalue weighted by Crippen LogP contribution is 2.34. The summed E-state index contributed by atoms with van der Waals surface area (Å²) in [5.41, 5.74) is 1.40. The number of ether oxygens (including phenoxy) is 2. The summed E-state index contributed by atoms with van der Waals surface area (Å²) in [5.74, 6) is 1.32. The van der Waals surface area contributed by atoms with E-state index in [-0.39, 0.29) is 12.8 Å². The predicted octanol–water partition coefficient (Wildman–Crippen LogP) is 3.66. The van der Waals surface area contributed by atoms with E-state index in [1.807, 2.05) is 24.3 Å². The third-order valence-corrected chi connectivity index (χ3v) is 3.38. The van der Waals surface area contributed by atoms with Crippen LogP contribution in [-0.4, -0.2) is 12.8 Å². The fraction of sp³-hybridized carbons (Fsp3) is 0.0714. The molecule has 102 valence electrons. The van der Waals surface area contributed by atoms with Crippen molar-refractivity contribution in [2.24, 2.45) is 0 Å². The Labute approximate surface area is 129 Å². The van der Waals surface area contributed by atoms with E-state index in [0.717, 1.165) is 9.26 Å². The summed E-state index contributed by atoms with van der Waals surface area (Å²) >= 11 is 2.19. The lowest BCUT2D eigenvalue weighted by Crippen LogP contribution is -2.19. The van der Waals surface area contributed by atoms with Crippen LogP contribution in [0.4, 0.5) is 16.2 Å². The number of rotatable bonds is 2. The lowest BCUT2D eigenvalue weighted by Gasteiger charge is -2.08. The van der Waals surface area contributed by atoms with Crippen molar-refractivity contribution in [3.63, 3.8) is 0 Å². The molecular weight excluding hydrogens is 371 g/mol. The van der Waals surface area contributed by atoms with Crippen LogP contribution in [0.25, 0.3) is 0 Å². The monoisotopic (exact) mass is 382 g/mol. The molecule has 2 aromatic carbocycles. The lowest BCUT2D eigenvalue weighted by atomic mass is 10.3. The molecule has 2 amide bonds. The van der Waals surface area contributed by atoms with Gasteiger partial charge in [0.05, 0.1) is 0 Å². The number of hydrogen-bond acceptors (Lipinski definition) is 3. The number of fused-ring (bicyclic) bond motifs is 1. The fourth-order valence-electron chi connectivity index (χ4n) is 1.83. The van der Waals surface area contributed by atoms with Gasteiger partial charge in [-0.05, 0) is 52.9 Å². The van der Waals surface area contributed by atoms with Gasteiger partial charge in [-0.3, -0.25) is 0 Å². The van der Waals surface area contributed by atoms with Crippen LogP contribution in [0.1, 0.15) is 0 Å². The average Bonchev–Trinajstić information content (AvgIpc) is 2.86. The molecule has 0 fully saturated rings. The minimum absolute atomic E-state index is 0.216. The van der Waals surface area contributed by atoms with Gasteiger partial charge >= 0.3 is 6.03 Å². The number of amides is 2. The summed E-state index contributed by atoms with van der Waals surface area (Å²) in [7, 11) is 0. The van der Waals surface area contributed by atoms with Crippen LogP contribution in [0.5, 0.6) is 11.5 Å². The molecule has 0 unspecified atom stereocenters. The molecular formula is C14H11IN2O3. The molecule has 0 aromatic heterocycles. The number of hydrogen-bond donors (Lipinski definition) is 2. The number of benzene rings is 2. The van der Waals surface area contributed by atoms with Gasteiger partial charge in [-0.15, -0.1) is 0 Å². The van der Waals surface area contributed by atoms with Crippen LogP contribution in [0.15, 0.2) is 42.5 Å². The van der Waals surface area contributed by atoms with Gasteiger partial charge in [-0.25, -0.2) is 4.79 Å². The molecule has 5 nitrogen and oxygen atoms in total. The highest BCUT2D eigenvalue weighted by Gasteiger charge is 2.14. The van der Waals surface area contributed by atoms with Crippen molar-refractivity contribution in [1.29, 1.82) is 0 Å². The van der Waals surface area contributed by atoms with Gasteiger partial charge in [0.15, 0.2) is 11.5 Å². The van der Waals surface area contributed by atoms with Crippen LogP contribution < -0.4 is 20.1 Å². The Bertz CT molecular complexity index is 661. The second-order valence-electron chi connectivity index (χ2n) is 4.16. The van der Waals surface area contributed by atoms with Crippen molar-refractivity contribution in [1.82, 2.24) is 0 Å². The van der Waals surface area contributed by atoms with Crippen molar-refractivity contribution in [2.45, 2.75) is 0 Å². The van der Waals surface area contributed by atoms with E-state index < -0.39 is 0 Å². The van der Waals surface area contributed by atoms with Gasteiger partial charge in [0.2, 0.25) is 6.79 Å². The number of carbonyl (C=O) groups is 1. The molecule has 0 radical (unpaired) electrons. The Morgan fingerprint density at radius 3 is 2.55 bits per heavy atom. The van der Waals surface area contributed by atoms with E-state index >= 15 is 0 Å². The molecule has 6 heteroatoms. The van der Waals surface area contributed by atoms with Crippen molar-refractivity contribution in [3.8, 4) is 11.5 Å². The van der Waals surface area contributed by atoms with Gasteiger partial charge in [0.25, 0.3) is 0 Å². The zero-order valence-electron chi connectivity index (χ0n) is 10.4. The summed E-state index contributed by atoms with van der Waals surface area (Å²) in [6.45, 7) is 0.216. The fourth-order valence-corrected chi connectivity index (χ4v) is 2.38. The van der Waals surface area contributed by atoms with E-state index in [0.29, 0.717) is 17.2 Å². The van der Waals surface area contributed by atoms with Crippen LogP contribution in [0.2, 0.25) is 0 Å². The van der Waals surface area contributed by atoms with Gasteiger partial charge in [0, 0.05) is 21.0 Å². The van der Waals surface area contributed by atoms with Gasteiger partial charge in [0.1, 0.15) is 0 Å². The van der Waals surface area contributed by atoms with E-state index in [1.54, 1.807) is 18.2 Å². The summed E-state index contributed by atoms with van der Waals surface area (Å²) in [5, 5.41) is 5.52. The van der Waals surface area contributed by atoms with Crippen LogP contribution in [0, 0.1) is 3.57 Å². The maximum absolute atomic E-state index is 11.9. The summed E-state index contributed by atoms with van der Waals surface area (Å²) in [6, 6.07) is 12.5. The number of nitrogens with one attached hydrogen (secondary N) is 2. The Morgan fingerprint density at radius 1 is 1.00 bits per heavy atom. The molecule has 3 rings (SSSR count). The predicted molar refractivity (Wildman–Crippen MR) is 84.4 cm³/mol. The van der Waals surface area contributed by atoms with Crippen molar-refractivity contribution in [3.05, 3.63) is 46.0 Å². The minimum atomic E-state index is -0.300. The Balaban J connectivity index is 1.67. The highest BCUT2D eigenvalue weighted by molar-refractivity contribution is 14.1. The summed E-state index contributed by atoms with van der Waals surface area (Å²) < 4.78 is 11.5. The van der Waals surface area contributed by atoms with Crippen molar-refractivity contribution in [2.75, 3.05) is 17.4 Å². The molecule has 2 aromatic rings. The molecule has 0 saturated carbocycles. The number of halogens is 1. The smallest absolute Gasteiger partial charge is 0.323 e. The van der Waals surface area contributed by atoms with Crippen LogP contribution in [0.3, 0.4) is 0 Å². The Kier molecular flexibility index (Phi) is 3.64. The standard InChI is InChI=1S/C14H11IN2O3/c15-9-2-1-3-10(6-9)16-14(18)17-11-4-5-12-13(7-11)20-8-19-12/h1-7H,8H2,(H2,16,17,18). The number of urea groups is 1. The third-order valence-electron chi connectivity index (χ3n) is 2.71. The van der Waals surface area contributed by atoms with Crippen molar-refractivity contribution >= 4 is 40.0 Å². The third kappa shape index (κ3) is 2.96. The molecule has 0 saturated heterocycles. The zero-order valence-corrected chi connectivity index (χ0v) is 12.5. The molecule has 2 N–H and O–H groups in total. The normalized spacial score (nSPS) is 12.1. The molecule has 0 atom stereocenters. The van der Waals surface area contributed by atoms with E-state index in [2.05, 4.69) is 33.2 Å². The average molecular weight is 382 g/mol. The second-order valence-corrected chi connectivity index (χ2v) is 5.40. The maximum Gasteiger partial charge on any atom is 0.323 e. The lowest BCUT2D eigenvalue weighted by molar-refractivity contribution is 0.174. The molecule has 20 heavy (non-hydrogen) atoms. The van der Waals surface area contributed by atoms with Crippen molar-refractivity contribution < 1.29 is 14.3 Å². The molecule has 0 aliphatic carbocycles. The number of carbonyl (C=O) groups excluding carboxylic acids is 1. The van der Waals surface area contributed by atoms with E-state index in [1.165, 1.54) is 0 Å². The SMILES string of the molecule is O=C(Nc1cccc(I)c1)Nc1ccc2c(c1)OCO2. The first-order valence-corrected chi connectivity index (χ1v) is 7.02. The molecule has 1 heterocycles. The molecule has 0 spiro atoms. The second kappa shape index (κ2) is 5.58. The Hall–Kier alpha value is -1.96. The quantitative estimate of drug-likeness (QED) is 0.780. The molecule has 1 aliphatic rings.